The van der Waals surface area contributed by atoms with Crippen molar-refractivity contribution in [1.82, 2.24) is 19.9 Å². The molecule has 4 N–H and O–H groups in total. The first kappa shape index (κ1) is 14.4. The van der Waals surface area contributed by atoms with Crippen LogP contribution in [0.5, 0.6) is 6.01 Å². The fourth-order valence-corrected chi connectivity index (χ4v) is 1.49. The second-order valence-electron chi connectivity index (χ2n) is 4.15. The van der Waals surface area contributed by atoms with Crippen molar-refractivity contribution in [2.75, 3.05) is 38.0 Å². The van der Waals surface area contributed by atoms with Crippen LogP contribution >= 0.6 is 0 Å². The third kappa shape index (κ3) is 4.68. The van der Waals surface area contributed by atoms with E-state index in [1.165, 1.54) is 0 Å². The summed E-state index contributed by atoms with van der Waals surface area (Å²) in [5.41, 5.74) is 2.39. The molecule has 1 aromatic rings. The van der Waals surface area contributed by atoms with Crippen LogP contribution in [0.15, 0.2) is 0 Å². The largest absolute Gasteiger partial charge is 0.464 e. The van der Waals surface area contributed by atoms with Crippen molar-refractivity contribution in [3.8, 4) is 6.01 Å². The number of hydrogen-bond acceptors (Lipinski definition) is 8. The minimum atomic E-state index is 0.197. The Morgan fingerprint density at radius 1 is 1.28 bits per heavy atom. The first-order chi connectivity index (χ1) is 8.55. The van der Waals surface area contributed by atoms with E-state index < -0.39 is 0 Å². The van der Waals surface area contributed by atoms with E-state index in [-0.39, 0.29) is 18.0 Å². The number of anilines is 2. The van der Waals surface area contributed by atoms with Gasteiger partial charge in [0.15, 0.2) is 0 Å². The predicted octanol–water partition coefficient (Wildman–Crippen LogP) is -0.0821. The predicted molar refractivity (Wildman–Crippen MR) is 70.4 cm³/mol. The molecule has 0 aliphatic heterocycles. The van der Waals surface area contributed by atoms with Crippen LogP contribution in [0.1, 0.15) is 13.8 Å². The Labute approximate surface area is 107 Å². The molecule has 1 aromatic heterocycles. The van der Waals surface area contributed by atoms with E-state index in [0.29, 0.717) is 12.6 Å². The molecule has 0 bridgehead atoms. The van der Waals surface area contributed by atoms with Crippen LogP contribution in [-0.2, 0) is 0 Å². The van der Waals surface area contributed by atoms with Crippen LogP contribution in [0.4, 0.5) is 11.9 Å². The Morgan fingerprint density at radius 2 is 1.94 bits per heavy atom. The van der Waals surface area contributed by atoms with E-state index in [9.17, 15) is 0 Å². The molecular formula is C10H21N7O. The van der Waals surface area contributed by atoms with Crippen molar-refractivity contribution in [3.05, 3.63) is 0 Å². The molecule has 0 radical (unpaired) electrons. The van der Waals surface area contributed by atoms with E-state index in [4.69, 9.17) is 10.6 Å². The first-order valence-corrected chi connectivity index (χ1v) is 5.82. The van der Waals surface area contributed by atoms with Gasteiger partial charge < -0.3 is 15.0 Å². The summed E-state index contributed by atoms with van der Waals surface area (Å²) in [5.74, 6) is 6.01. The van der Waals surface area contributed by atoms with E-state index >= 15 is 0 Å². The highest BCUT2D eigenvalue weighted by molar-refractivity contribution is 5.35. The van der Waals surface area contributed by atoms with Crippen LogP contribution in [-0.4, -0.2) is 53.1 Å². The Kier molecular flexibility index (Phi) is 5.53. The minimum absolute atomic E-state index is 0.197. The summed E-state index contributed by atoms with van der Waals surface area (Å²) in [6.07, 6.45) is 0. The average Bonchev–Trinajstić information content (AvgIpc) is 2.27. The van der Waals surface area contributed by atoms with Crippen LogP contribution in [0, 0.1) is 0 Å². The zero-order valence-electron chi connectivity index (χ0n) is 11.3. The summed E-state index contributed by atoms with van der Waals surface area (Å²) in [4.78, 5) is 14.3. The van der Waals surface area contributed by atoms with Crippen molar-refractivity contribution in [2.24, 2.45) is 5.84 Å². The number of hydrogen-bond donors (Lipinski definition) is 3. The summed E-state index contributed by atoms with van der Waals surface area (Å²) < 4.78 is 5.24. The van der Waals surface area contributed by atoms with Gasteiger partial charge in [0.1, 0.15) is 0 Å². The number of nitrogen functional groups attached to an aromatic ring is 1. The van der Waals surface area contributed by atoms with Gasteiger partial charge in [-0.3, -0.25) is 5.43 Å². The lowest BCUT2D eigenvalue weighted by molar-refractivity contribution is 0.312. The summed E-state index contributed by atoms with van der Waals surface area (Å²) in [6.45, 7) is 5.25. The summed E-state index contributed by atoms with van der Waals surface area (Å²) in [6, 6.07) is 0.447. The molecule has 8 nitrogen and oxygen atoms in total. The Bertz CT molecular complexity index is 371. The van der Waals surface area contributed by atoms with Gasteiger partial charge in [-0.15, -0.1) is 0 Å². The van der Waals surface area contributed by atoms with Gasteiger partial charge in [-0.05, 0) is 27.9 Å². The van der Waals surface area contributed by atoms with E-state index in [1.807, 2.05) is 27.9 Å². The monoisotopic (exact) mass is 255 g/mol. The summed E-state index contributed by atoms with van der Waals surface area (Å²) >= 11 is 0. The van der Waals surface area contributed by atoms with Crippen molar-refractivity contribution in [3.63, 3.8) is 0 Å². The zero-order chi connectivity index (χ0) is 13.5. The van der Waals surface area contributed by atoms with Crippen LogP contribution < -0.4 is 21.3 Å². The average molecular weight is 255 g/mol. The molecule has 8 heteroatoms. The number of likely N-dealkylation sites (N-methyl/N-ethyl adjacent to an activating group) is 1. The highest BCUT2D eigenvalue weighted by atomic mass is 16.5. The number of hydrazine groups is 1. The number of nitrogens with one attached hydrogen (secondary N) is 2. The third-order valence-electron chi connectivity index (χ3n) is 2.03. The van der Waals surface area contributed by atoms with Gasteiger partial charge in [-0.25, -0.2) is 5.84 Å². The van der Waals surface area contributed by atoms with Crippen molar-refractivity contribution in [2.45, 2.75) is 19.9 Å². The molecule has 1 unspecified atom stereocenters. The van der Waals surface area contributed by atoms with Crippen LogP contribution in [0.25, 0.3) is 0 Å². The second-order valence-corrected chi connectivity index (χ2v) is 4.15. The molecule has 102 valence electrons. The molecule has 1 heterocycles. The Hall–Kier alpha value is -1.67. The molecule has 0 aliphatic rings. The van der Waals surface area contributed by atoms with Crippen molar-refractivity contribution >= 4 is 11.9 Å². The van der Waals surface area contributed by atoms with E-state index in [1.54, 1.807) is 0 Å². The van der Waals surface area contributed by atoms with Crippen molar-refractivity contribution in [1.29, 1.82) is 0 Å². The molecule has 18 heavy (non-hydrogen) atoms. The molecule has 1 atom stereocenters. The Morgan fingerprint density at radius 3 is 2.50 bits per heavy atom. The molecular weight excluding hydrogens is 234 g/mol. The molecule has 1 rings (SSSR count). The van der Waals surface area contributed by atoms with Gasteiger partial charge in [-0.2, -0.15) is 15.0 Å². The van der Waals surface area contributed by atoms with Gasteiger partial charge in [0.25, 0.3) is 0 Å². The molecule has 0 saturated heterocycles. The molecule has 0 aromatic carbocycles. The van der Waals surface area contributed by atoms with Gasteiger partial charge in [-0.1, -0.05) is 0 Å². The summed E-state index contributed by atoms with van der Waals surface area (Å²) in [7, 11) is 4.01. The highest BCUT2D eigenvalue weighted by Gasteiger charge is 2.09. The quantitative estimate of drug-likeness (QED) is 0.459. The second kappa shape index (κ2) is 6.92. The maximum atomic E-state index is 5.30. The van der Waals surface area contributed by atoms with E-state index in [2.05, 4.69) is 30.6 Å². The minimum Gasteiger partial charge on any atom is -0.464 e. The number of rotatable bonds is 7. The standard InChI is InChI=1S/C10H21N7O/c1-5-18-10-14-8(13-9(15-10)16-11)12-7(2)6-17(3)4/h7H,5-6,11H2,1-4H3,(H2,12,13,14,15,16). The van der Waals surface area contributed by atoms with E-state index in [0.717, 1.165) is 6.54 Å². The van der Waals surface area contributed by atoms with Gasteiger partial charge in [0.05, 0.1) is 6.61 Å². The third-order valence-corrected chi connectivity index (χ3v) is 2.03. The lowest BCUT2D eigenvalue weighted by Gasteiger charge is -2.18. The zero-order valence-corrected chi connectivity index (χ0v) is 11.3. The SMILES string of the molecule is CCOc1nc(NN)nc(NC(C)CN(C)C)n1. The lowest BCUT2D eigenvalue weighted by atomic mass is 10.3. The Balaban J connectivity index is 2.77. The number of ether oxygens (including phenoxy) is 1. The van der Waals surface area contributed by atoms with Gasteiger partial charge in [0.2, 0.25) is 11.9 Å². The number of nitrogens with two attached hydrogens (primary N) is 1. The van der Waals surface area contributed by atoms with Crippen molar-refractivity contribution < 1.29 is 4.74 Å². The van der Waals surface area contributed by atoms with Crippen LogP contribution in [0.2, 0.25) is 0 Å². The summed E-state index contributed by atoms with van der Waals surface area (Å²) in [5, 5.41) is 3.17. The fraction of sp³-hybridized carbons (Fsp3) is 0.700. The molecule has 0 saturated carbocycles. The smallest absolute Gasteiger partial charge is 0.323 e. The van der Waals surface area contributed by atoms with Gasteiger partial charge >= 0.3 is 6.01 Å². The molecule has 0 spiro atoms. The number of nitrogens with zero attached hydrogens (tertiary/aromatic N) is 4. The molecule has 0 aliphatic carbocycles. The topological polar surface area (TPSA) is 101 Å². The fourth-order valence-electron chi connectivity index (χ4n) is 1.49. The lowest BCUT2D eigenvalue weighted by Crippen LogP contribution is -2.30. The van der Waals surface area contributed by atoms with Gasteiger partial charge in [0, 0.05) is 12.6 Å². The maximum Gasteiger partial charge on any atom is 0.323 e. The number of aromatic nitrogens is 3. The first-order valence-electron chi connectivity index (χ1n) is 5.82. The molecule has 0 fully saturated rings. The van der Waals surface area contributed by atoms with Crippen LogP contribution in [0.3, 0.4) is 0 Å². The highest BCUT2D eigenvalue weighted by Crippen LogP contribution is 2.11. The molecule has 0 amide bonds. The maximum absolute atomic E-state index is 5.30. The normalized spacial score (nSPS) is 12.3.